The number of hydrogen-bond acceptors (Lipinski definition) is 7. The van der Waals surface area contributed by atoms with E-state index in [-0.39, 0.29) is 0 Å². The van der Waals surface area contributed by atoms with Crippen LogP contribution in [0.15, 0.2) is 67.3 Å². The fourth-order valence-corrected chi connectivity index (χ4v) is 5.22. The maximum Gasteiger partial charge on any atom is 0.213 e. The Morgan fingerprint density at radius 2 is 1.85 bits per heavy atom. The monoisotopic (exact) mass is 530 g/mol. The number of rotatable bonds is 5. The summed E-state index contributed by atoms with van der Waals surface area (Å²) in [6.07, 6.45) is 6.43. The largest absolute Gasteiger partial charge is 0.382 e. The summed E-state index contributed by atoms with van der Waals surface area (Å²) in [7, 11) is 0. The van der Waals surface area contributed by atoms with Crippen LogP contribution in [0.4, 0.5) is 24.7 Å². The Labute approximate surface area is 222 Å². The molecule has 1 aliphatic rings. The van der Waals surface area contributed by atoms with Gasteiger partial charge in [-0.3, -0.25) is 4.98 Å². The second-order valence-corrected chi connectivity index (χ2v) is 9.79. The van der Waals surface area contributed by atoms with E-state index >= 15 is 0 Å². The van der Waals surface area contributed by atoms with Crippen LogP contribution < -0.4 is 16.4 Å². The zero-order valence-electron chi connectivity index (χ0n) is 20.9. The van der Waals surface area contributed by atoms with Gasteiger partial charge in [0, 0.05) is 24.8 Å². The molecule has 0 bridgehead atoms. The van der Waals surface area contributed by atoms with Crippen molar-refractivity contribution >= 4 is 22.5 Å². The van der Waals surface area contributed by atoms with Gasteiger partial charge < -0.3 is 20.9 Å². The van der Waals surface area contributed by atoms with Gasteiger partial charge in [-0.05, 0) is 60.9 Å². The molecule has 0 saturated carbocycles. The molecule has 4 N–H and O–H groups in total. The molecule has 0 radical (unpaired) electrons. The van der Waals surface area contributed by atoms with Gasteiger partial charge in [0.15, 0.2) is 17.5 Å². The Bertz CT molecular complexity index is 1690. The first-order chi connectivity index (χ1) is 18.8. The molecule has 1 saturated heterocycles. The van der Waals surface area contributed by atoms with E-state index in [1.54, 1.807) is 30.9 Å². The van der Waals surface area contributed by atoms with Crippen molar-refractivity contribution in [2.45, 2.75) is 24.9 Å². The van der Waals surface area contributed by atoms with Gasteiger partial charge in [-0.1, -0.05) is 6.07 Å². The molecule has 0 spiro atoms. The first-order valence-electron chi connectivity index (χ1n) is 12.5. The molecule has 0 aliphatic carbocycles. The average Bonchev–Trinajstić information content (AvgIpc) is 3.34. The van der Waals surface area contributed by atoms with Crippen LogP contribution in [0.2, 0.25) is 0 Å². The number of anilines is 2. The second kappa shape index (κ2) is 9.66. The van der Waals surface area contributed by atoms with Crippen LogP contribution >= 0.6 is 0 Å². The topological polar surface area (TPSA) is 112 Å². The van der Waals surface area contributed by atoms with E-state index in [4.69, 9.17) is 11.5 Å². The fraction of sp³-hybridized carbons (Fsp3) is 0.214. The predicted molar refractivity (Wildman–Crippen MR) is 142 cm³/mol. The first-order valence-corrected chi connectivity index (χ1v) is 12.5. The Balaban J connectivity index is 1.42. The number of piperidine rings is 1. The van der Waals surface area contributed by atoms with Gasteiger partial charge >= 0.3 is 0 Å². The van der Waals surface area contributed by atoms with Gasteiger partial charge in [0.1, 0.15) is 5.52 Å². The molecule has 1 unspecified atom stereocenters. The number of hydrogen-bond donors (Lipinski definition) is 2. The molecule has 6 rings (SSSR count). The Kier molecular flexibility index (Phi) is 6.15. The van der Waals surface area contributed by atoms with Crippen LogP contribution in [0.25, 0.3) is 22.3 Å². The standard InChI is InChI=1S/C28H25F3N8/c29-19-6-5-17(11-20(19)30)21-12-18(14-39-16-36-26-22(39)7-9-34-27(26)32)23(13-35-21)38-10-2-8-28(33,15-38)24-3-1-4-25(31)37-24/h1,3-7,9,11-13,16H,2,8,10,14-15,33H2,(H2,32,34). The lowest BCUT2D eigenvalue weighted by Crippen LogP contribution is -2.52. The number of nitrogens with zero attached hydrogens (tertiary/aromatic N) is 6. The quantitative estimate of drug-likeness (QED) is 0.324. The van der Waals surface area contributed by atoms with Crippen molar-refractivity contribution in [3.05, 3.63) is 96.1 Å². The van der Waals surface area contributed by atoms with Crippen LogP contribution in [0.3, 0.4) is 0 Å². The molecule has 198 valence electrons. The smallest absolute Gasteiger partial charge is 0.213 e. The minimum atomic E-state index is -0.949. The van der Waals surface area contributed by atoms with Crippen LogP contribution in [-0.4, -0.2) is 37.6 Å². The van der Waals surface area contributed by atoms with E-state index in [2.05, 4.69) is 24.8 Å². The average molecular weight is 531 g/mol. The molecule has 39 heavy (non-hydrogen) atoms. The van der Waals surface area contributed by atoms with Crippen molar-refractivity contribution in [1.82, 2.24) is 24.5 Å². The predicted octanol–water partition coefficient (Wildman–Crippen LogP) is 4.39. The van der Waals surface area contributed by atoms with Crippen LogP contribution in [0.5, 0.6) is 0 Å². The third kappa shape index (κ3) is 4.65. The first kappa shape index (κ1) is 24.8. The number of imidazole rings is 1. The SMILES string of the molecule is Nc1nccc2c1ncn2Cc1cc(-c2ccc(F)c(F)c2)ncc1N1CCCC(N)(c2cccc(F)n2)C1. The molecule has 5 heterocycles. The van der Waals surface area contributed by atoms with Crippen molar-refractivity contribution in [1.29, 1.82) is 0 Å². The third-order valence-electron chi connectivity index (χ3n) is 7.18. The maximum atomic E-state index is 14.0. The maximum absolute atomic E-state index is 14.0. The number of aromatic nitrogens is 5. The highest BCUT2D eigenvalue weighted by molar-refractivity contribution is 5.84. The lowest BCUT2D eigenvalue weighted by molar-refractivity contribution is 0.340. The summed E-state index contributed by atoms with van der Waals surface area (Å²) in [6, 6.07) is 12.0. The third-order valence-corrected chi connectivity index (χ3v) is 7.18. The molecule has 1 aromatic carbocycles. The molecular weight excluding hydrogens is 505 g/mol. The van der Waals surface area contributed by atoms with Gasteiger partial charge in [-0.25, -0.2) is 23.7 Å². The minimum Gasteiger partial charge on any atom is -0.382 e. The normalized spacial score (nSPS) is 17.6. The van der Waals surface area contributed by atoms with Crippen molar-refractivity contribution in [2.24, 2.45) is 5.73 Å². The highest BCUT2D eigenvalue weighted by atomic mass is 19.2. The summed E-state index contributed by atoms with van der Waals surface area (Å²) in [5.41, 5.74) is 16.4. The zero-order valence-corrected chi connectivity index (χ0v) is 20.9. The molecule has 4 aromatic heterocycles. The van der Waals surface area contributed by atoms with E-state index in [9.17, 15) is 13.2 Å². The molecular formula is C28H25F3N8. The summed E-state index contributed by atoms with van der Waals surface area (Å²) in [5.74, 6) is -2.12. The summed E-state index contributed by atoms with van der Waals surface area (Å²) in [6.45, 7) is 1.49. The van der Waals surface area contributed by atoms with Gasteiger partial charge in [-0.15, -0.1) is 0 Å². The molecule has 5 aromatic rings. The highest BCUT2D eigenvalue weighted by Gasteiger charge is 2.36. The summed E-state index contributed by atoms with van der Waals surface area (Å²) in [5, 5.41) is 0. The van der Waals surface area contributed by atoms with E-state index < -0.39 is 23.1 Å². The summed E-state index contributed by atoms with van der Waals surface area (Å²) >= 11 is 0. The van der Waals surface area contributed by atoms with Gasteiger partial charge in [0.05, 0.1) is 47.2 Å². The molecule has 8 nitrogen and oxygen atoms in total. The lowest BCUT2D eigenvalue weighted by atomic mass is 9.86. The molecule has 1 atom stereocenters. The second-order valence-electron chi connectivity index (χ2n) is 9.79. The Morgan fingerprint density at radius 1 is 0.974 bits per heavy atom. The zero-order chi connectivity index (χ0) is 27.1. The van der Waals surface area contributed by atoms with Crippen molar-refractivity contribution < 1.29 is 13.2 Å². The van der Waals surface area contributed by atoms with Gasteiger partial charge in [-0.2, -0.15) is 4.39 Å². The lowest BCUT2D eigenvalue weighted by Gasteiger charge is -2.41. The Hall–Kier alpha value is -4.51. The Morgan fingerprint density at radius 3 is 2.67 bits per heavy atom. The van der Waals surface area contributed by atoms with Gasteiger partial charge in [0.2, 0.25) is 5.95 Å². The van der Waals surface area contributed by atoms with Crippen molar-refractivity contribution in [3.8, 4) is 11.3 Å². The number of benzene rings is 1. The number of nitrogens with two attached hydrogens (primary N) is 2. The summed E-state index contributed by atoms with van der Waals surface area (Å²) < 4.78 is 43.5. The molecule has 1 fully saturated rings. The molecule has 1 aliphatic heterocycles. The number of fused-ring (bicyclic) bond motifs is 1. The number of halogens is 3. The van der Waals surface area contributed by atoms with Crippen LogP contribution in [-0.2, 0) is 12.1 Å². The van der Waals surface area contributed by atoms with E-state index in [1.165, 1.54) is 12.1 Å². The van der Waals surface area contributed by atoms with E-state index in [1.807, 2.05) is 16.7 Å². The molecule has 0 amide bonds. The minimum absolute atomic E-state index is 0.329. The van der Waals surface area contributed by atoms with Gasteiger partial charge in [0.25, 0.3) is 0 Å². The summed E-state index contributed by atoms with van der Waals surface area (Å²) in [4.78, 5) is 19.3. The van der Waals surface area contributed by atoms with Crippen LogP contribution in [0, 0.1) is 17.6 Å². The number of pyridine rings is 3. The van der Waals surface area contributed by atoms with Crippen LogP contribution in [0.1, 0.15) is 24.1 Å². The fourth-order valence-electron chi connectivity index (χ4n) is 5.22. The van der Waals surface area contributed by atoms with E-state index in [0.717, 1.165) is 35.3 Å². The highest BCUT2D eigenvalue weighted by Crippen LogP contribution is 2.34. The number of nitrogen functional groups attached to an aromatic ring is 1. The molecule has 11 heteroatoms. The van der Waals surface area contributed by atoms with E-state index in [0.29, 0.717) is 54.3 Å². The van der Waals surface area contributed by atoms with Crippen molar-refractivity contribution in [3.63, 3.8) is 0 Å². The van der Waals surface area contributed by atoms with Crippen molar-refractivity contribution in [2.75, 3.05) is 23.7 Å².